The van der Waals surface area contributed by atoms with Crippen LogP contribution in [0.4, 0.5) is 4.79 Å². The molecular weight excluding hydrogens is 214 g/mol. The predicted molar refractivity (Wildman–Crippen MR) is 55.0 cm³/mol. The van der Waals surface area contributed by atoms with E-state index in [4.69, 9.17) is 14.9 Å². The number of hydrogen-bond acceptors (Lipinski definition) is 4. The molecule has 0 aromatic carbocycles. The molecule has 1 rings (SSSR count). The molecule has 0 aromatic heterocycles. The summed E-state index contributed by atoms with van der Waals surface area (Å²) in [6, 6.07) is -1.33. The summed E-state index contributed by atoms with van der Waals surface area (Å²) < 4.78 is 5.07. The maximum atomic E-state index is 11.7. The molecule has 2 N–H and O–H groups in total. The molecule has 0 saturated carbocycles. The van der Waals surface area contributed by atoms with Crippen molar-refractivity contribution < 1.29 is 24.5 Å². The van der Waals surface area contributed by atoms with Crippen LogP contribution in [0.5, 0.6) is 0 Å². The third-order valence-electron chi connectivity index (χ3n) is 2.32. The van der Waals surface area contributed by atoms with Crippen molar-refractivity contribution in [1.82, 2.24) is 4.90 Å². The van der Waals surface area contributed by atoms with Crippen LogP contribution >= 0.6 is 0 Å². The molecule has 2 atom stereocenters. The van der Waals surface area contributed by atoms with Gasteiger partial charge in [0.15, 0.2) is 0 Å². The lowest BCUT2D eigenvalue weighted by molar-refractivity contribution is -0.152. The van der Waals surface area contributed by atoms with E-state index in [-0.39, 0.29) is 13.0 Å². The van der Waals surface area contributed by atoms with Gasteiger partial charge < -0.3 is 14.9 Å². The summed E-state index contributed by atoms with van der Waals surface area (Å²) in [6.45, 7) is 4.86. The van der Waals surface area contributed by atoms with Crippen molar-refractivity contribution in [1.29, 1.82) is 0 Å². The Morgan fingerprint density at radius 1 is 1.44 bits per heavy atom. The first-order valence-corrected chi connectivity index (χ1v) is 5.11. The number of nitrogens with zero attached hydrogens (tertiary/aromatic N) is 1. The zero-order valence-electron chi connectivity index (χ0n) is 9.64. The van der Waals surface area contributed by atoms with Gasteiger partial charge in [-0.25, -0.2) is 9.59 Å². The minimum absolute atomic E-state index is 0.247. The summed E-state index contributed by atoms with van der Waals surface area (Å²) in [5, 5.41) is 17.8. The zero-order chi connectivity index (χ0) is 12.5. The van der Waals surface area contributed by atoms with E-state index in [1.165, 1.54) is 0 Å². The molecule has 0 aromatic rings. The van der Waals surface area contributed by atoms with E-state index >= 15 is 0 Å². The van der Waals surface area contributed by atoms with Crippen LogP contribution in [0.25, 0.3) is 0 Å². The number of ether oxygens (including phenoxy) is 1. The van der Waals surface area contributed by atoms with E-state index < -0.39 is 29.7 Å². The molecule has 1 fully saturated rings. The van der Waals surface area contributed by atoms with Crippen LogP contribution in [0.2, 0.25) is 0 Å². The Hall–Kier alpha value is -1.30. The van der Waals surface area contributed by atoms with Gasteiger partial charge in [0.05, 0.1) is 12.6 Å². The first kappa shape index (κ1) is 12.8. The predicted octanol–water partition coefficient (Wildman–Crippen LogP) is 0.441. The normalized spacial score (nSPS) is 24.9. The minimum atomic E-state index is -1.07. The van der Waals surface area contributed by atoms with Gasteiger partial charge in [0.1, 0.15) is 11.6 Å². The Labute approximate surface area is 93.8 Å². The van der Waals surface area contributed by atoms with Crippen molar-refractivity contribution in [2.45, 2.75) is 44.9 Å². The SMILES string of the molecule is CC(C)(C)OC(=O)N1C(CO)CC1C(=O)O. The van der Waals surface area contributed by atoms with E-state index in [0.717, 1.165) is 4.90 Å². The average molecular weight is 231 g/mol. The smallest absolute Gasteiger partial charge is 0.411 e. The number of carbonyl (C=O) groups excluding carboxylic acids is 1. The Morgan fingerprint density at radius 3 is 2.38 bits per heavy atom. The average Bonchev–Trinajstić information content (AvgIpc) is 1.97. The van der Waals surface area contributed by atoms with Crippen molar-refractivity contribution in [3.05, 3.63) is 0 Å². The monoisotopic (exact) mass is 231 g/mol. The second kappa shape index (κ2) is 4.29. The second-order valence-corrected chi connectivity index (χ2v) is 4.81. The molecule has 1 heterocycles. The summed E-state index contributed by atoms with van der Waals surface area (Å²) in [5.41, 5.74) is -0.671. The number of amides is 1. The van der Waals surface area contributed by atoms with Gasteiger partial charge in [-0.15, -0.1) is 0 Å². The molecule has 1 saturated heterocycles. The van der Waals surface area contributed by atoms with Gasteiger partial charge in [0.2, 0.25) is 0 Å². The first-order valence-electron chi connectivity index (χ1n) is 5.11. The molecule has 0 radical (unpaired) electrons. The number of aliphatic hydroxyl groups is 1. The summed E-state index contributed by atoms with van der Waals surface area (Å²) >= 11 is 0. The van der Waals surface area contributed by atoms with Crippen LogP contribution in [0.15, 0.2) is 0 Å². The fourth-order valence-electron chi connectivity index (χ4n) is 1.57. The fourth-order valence-corrected chi connectivity index (χ4v) is 1.57. The quantitative estimate of drug-likeness (QED) is 0.720. The number of carboxylic acids is 1. The fraction of sp³-hybridized carbons (Fsp3) is 0.800. The molecule has 6 heteroatoms. The van der Waals surface area contributed by atoms with Gasteiger partial charge in [0, 0.05) is 6.42 Å². The van der Waals surface area contributed by atoms with E-state index in [9.17, 15) is 9.59 Å². The lowest BCUT2D eigenvalue weighted by Gasteiger charge is -2.45. The second-order valence-electron chi connectivity index (χ2n) is 4.81. The van der Waals surface area contributed by atoms with E-state index in [1.807, 2.05) is 0 Å². The molecule has 0 bridgehead atoms. The van der Waals surface area contributed by atoms with E-state index in [2.05, 4.69) is 0 Å². The standard InChI is InChI=1S/C10H17NO5/c1-10(2,3)16-9(15)11-6(5-12)4-7(11)8(13)14/h6-7,12H,4-5H2,1-3H3,(H,13,14). The van der Waals surface area contributed by atoms with Crippen molar-refractivity contribution in [3.63, 3.8) is 0 Å². The van der Waals surface area contributed by atoms with Crippen molar-refractivity contribution in [3.8, 4) is 0 Å². The van der Waals surface area contributed by atoms with Gasteiger partial charge in [-0.3, -0.25) is 4.90 Å². The highest BCUT2D eigenvalue weighted by atomic mass is 16.6. The molecule has 1 amide bonds. The van der Waals surface area contributed by atoms with E-state index in [1.54, 1.807) is 20.8 Å². The molecule has 1 aliphatic rings. The maximum absolute atomic E-state index is 11.7. The molecule has 16 heavy (non-hydrogen) atoms. The van der Waals surface area contributed by atoms with Crippen molar-refractivity contribution >= 4 is 12.1 Å². The molecular formula is C10H17NO5. The van der Waals surface area contributed by atoms with E-state index in [0.29, 0.717) is 0 Å². The van der Waals surface area contributed by atoms with Gasteiger partial charge in [0.25, 0.3) is 0 Å². The third-order valence-corrected chi connectivity index (χ3v) is 2.32. The molecule has 6 nitrogen and oxygen atoms in total. The zero-order valence-corrected chi connectivity index (χ0v) is 9.64. The van der Waals surface area contributed by atoms with Gasteiger partial charge in [-0.1, -0.05) is 0 Å². The van der Waals surface area contributed by atoms with Crippen LogP contribution in [-0.2, 0) is 9.53 Å². The van der Waals surface area contributed by atoms with Gasteiger partial charge in [-0.05, 0) is 20.8 Å². The third kappa shape index (κ3) is 2.63. The number of carbonyl (C=O) groups is 2. The summed E-state index contributed by atoms with van der Waals surface area (Å²) in [7, 11) is 0. The van der Waals surface area contributed by atoms with Crippen LogP contribution in [-0.4, -0.2) is 51.5 Å². The number of aliphatic carboxylic acids is 1. The molecule has 1 aliphatic heterocycles. The lowest BCUT2D eigenvalue weighted by Crippen LogP contribution is -2.63. The highest BCUT2D eigenvalue weighted by Crippen LogP contribution is 2.27. The molecule has 0 spiro atoms. The number of hydrogen-bond donors (Lipinski definition) is 2. The van der Waals surface area contributed by atoms with Crippen LogP contribution in [0.1, 0.15) is 27.2 Å². The number of rotatable bonds is 2. The van der Waals surface area contributed by atoms with Crippen molar-refractivity contribution in [2.24, 2.45) is 0 Å². The number of carboxylic acid groups (broad SMARTS) is 1. The van der Waals surface area contributed by atoms with Crippen LogP contribution in [0.3, 0.4) is 0 Å². The summed E-state index contributed by atoms with van der Waals surface area (Å²) in [6.07, 6.45) is -0.421. The summed E-state index contributed by atoms with van der Waals surface area (Å²) in [5.74, 6) is -1.07. The lowest BCUT2D eigenvalue weighted by atomic mass is 9.94. The van der Waals surface area contributed by atoms with Crippen LogP contribution in [0, 0.1) is 0 Å². The largest absolute Gasteiger partial charge is 0.480 e. The maximum Gasteiger partial charge on any atom is 0.411 e. The highest BCUT2D eigenvalue weighted by molar-refractivity contribution is 5.82. The Morgan fingerprint density at radius 2 is 2.00 bits per heavy atom. The topological polar surface area (TPSA) is 87.1 Å². The van der Waals surface area contributed by atoms with Crippen molar-refractivity contribution in [2.75, 3.05) is 6.61 Å². The van der Waals surface area contributed by atoms with Gasteiger partial charge >= 0.3 is 12.1 Å². The number of aliphatic hydroxyl groups excluding tert-OH is 1. The Kier molecular flexibility index (Phi) is 3.42. The number of likely N-dealkylation sites (tertiary alicyclic amines) is 1. The first-order chi connectivity index (χ1) is 7.26. The molecule has 2 unspecified atom stereocenters. The minimum Gasteiger partial charge on any atom is -0.480 e. The van der Waals surface area contributed by atoms with Crippen LogP contribution < -0.4 is 0 Å². The Balaban J connectivity index is 2.68. The Bertz CT molecular complexity index is 296. The molecule has 0 aliphatic carbocycles. The summed E-state index contributed by atoms with van der Waals surface area (Å²) in [4.78, 5) is 23.5. The molecule has 92 valence electrons. The van der Waals surface area contributed by atoms with Gasteiger partial charge in [-0.2, -0.15) is 0 Å². The highest BCUT2D eigenvalue weighted by Gasteiger charge is 2.47.